The van der Waals surface area contributed by atoms with Crippen LogP contribution in [0.1, 0.15) is 69.8 Å². The standard InChI is InChI=1S/C35H40O9/c1-22-18-28(42-32(39)26-14-10-7-11-15-26)31(41-24(3)37)34(21-40-23(2)36)29(19-27-20-35(22,34)44-33(27,4)5)43-30(38)17-16-25-12-8-6-9-13-25/h6-17,22,27-29,31H,18-21H2,1-5H3/b17-16-/t22-,27-,28+,29+,31+,34-,35+/m1/s1. The Morgan fingerprint density at radius 1 is 0.886 bits per heavy atom. The number of hydrogen-bond acceptors (Lipinski definition) is 9. The number of fused-ring (bicyclic) bond motifs is 1. The van der Waals surface area contributed by atoms with Crippen LogP contribution < -0.4 is 0 Å². The fourth-order valence-corrected chi connectivity index (χ4v) is 7.61. The lowest BCUT2D eigenvalue weighted by Crippen LogP contribution is -2.74. The average Bonchev–Trinajstić information content (AvgIpc) is 3.22. The maximum absolute atomic E-state index is 13.4. The highest BCUT2D eigenvalue weighted by Crippen LogP contribution is 2.67. The average molecular weight is 605 g/mol. The Morgan fingerprint density at radius 3 is 2.18 bits per heavy atom. The lowest BCUT2D eigenvalue weighted by molar-refractivity contribution is -0.298. The Kier molecular flexibility index (Phi) is 8.71. The molecular formula is C35H40O9. The van der Waals surface area contributed by atoms with Gasteiger partial charge < -0.3 is 23.7 Å². The van der Waals surface area contributed by atoms with Gasteiger partial charge in [0, 0.05) is 19.9 Å². The Bertz CT molecular complexity index is 1420. The van der Waals surface area contributed by atoms with E-state index in [-0.39, 0.29) is 18.4 Å². The molecule has 2 aromatic carbocycles. The zero-order valence-corrected chi connectivity index (χ0v) is 25.8. The van der Waals surface area contributed by atoms with Gasteiger partial charge in [-0.1, -0.05) is 55.5 Å². The summed E-state index contributed by atoms with van der Waals surface area (Å²) in [5.74, 6) is -2.62. The second-order valence-electron chi connectivity index (χ2n) is 12.7. The molecule has 2 bridgehead atoms. The second-order valence-corrected chi connectivity index (χ2v) is 12.7. The molecule has 3 fully saturated rings. The molecular weight excluding hydrogens is 564 g/mol. The van der Waals surface area contributed by atoms with Crippen LogP contribution in [0.4, 0.5) is 0 Å². The molecule has 9 heteroatoms. The van der Waals surface area contributed by atoms with Gasteiger partial charge in [0.25, 0.3) is 0 Å². The van der Waals surface area contributed by atoms with E-state index in [1.807, 2.05) is 51.1 Å². The van der Waals surface area contributed by atoms with E-state index >= 15 is 0 Å². The van der Waals surface area contributed by atoms with Gasteiger partial charge in [-0.05, 0) is 68.7 Å². The number of carbonyl (C=O) groups excluding carboxylic acids is 4. The minimum absolute atomic E-state index is 0.00676. The van der Waals surface area contributed by atoms with Gasteiger partial charge in [0.15, 0.2) is 6.10 Å². The van der Waals surface area contributed by atoms with Crippen LogP contribution in [0.5, 0.6) is 0 Å². The first-order valence-corrected chi connectivity index (χ1v) is 15.1. The van der Waals surface area contributed by atoms with E-state index in [1.54, 1.807) is 36.4 Å². The van der Waals surface area contributed by atoms with Crippen molar-refractivity contribution in [1.82, 2.24) is 0 Å². The highest BCUT2D eigenvalue weighted by molar-refractivity contribution is 5.89. The molecule has 44 heavy (non-hydrogen) atoms. The molecule has 1 saturated heterocycles. The third-order valence-electron chi connectivity index (χ3n) is 9.61. The zero-order chi connectivity index (χ0) is 31.7. The fourth-order valence-electron chi connectivity index (χ4n) is 7.61. The molecule has 2 saturated carbocycles. The first kappa shape index (κ1) is 31.4. The first-order valence-electron chi connectivity index (χ1n) is 15.1. The molecule has 0 unspecified atom stereocenters. The highest BCUT2D eigenvalue weighted by atomic mass is 16.6. The summed E-state index contributed by atoms with van der Waals surface area (Å²) in [6, 6.07) is 17.9. The molecule has 0 amide bonds. The summed E-state index contributed by atoms with van der Waals surface area (Å²) < 4.78 is 31.1. The fraction of sp³-hybridized carbons (Fsp3) is 0.486. The van der Waals surface area contributed by atoms with Crippen molar-refractivity contribution >= 4 is 30.0 Å². The molecule has 7 atom stereocenters. The van der Waals surface area contributed by atoms with E-state index in [0.717, 1.165) is 5.56 Å². The summed E-state index contributed by atoms with van der Waals surface area (Å²) in [7, 11) is 0. The zero-order valence-electron chi connectivity index (χ0n) is 25.8. The number of rotatable bonds is 8. The first-order chi connectivity index (χ1) is 20.9. The number of ether oxygens (including phenoxy) is 5. The number of hydrogen-bond donors (Lipinski definition) is 0. The van der Waals surface area contributed by atoms with E-state index in [0.29, 0.717) is 24.8 Å². The number of carbonyl (C=O) groups is 4. The Labute approximate surface area is 257 Å². The van der Waals surface area contributed by atoms with Gasteiger partial charge in [-0.2, -0.15) is 0 Å². The van der Waals surface area contributed by atoms with Crippen molar-refractivity contribution in [3.05, 3.63) is 77.9 Å². The van der Waals surface area contributed by atoms with Crippen LogP contribution in [-0.2, 0) is 38.1 Å². The van der Waals surface area contributed by atoms with Crippen LogP contribution in [0, 0.1) is 17.3 Å². The van der Waals surface area contributed by atoms with Gasteiger partial charge in [-0.3, -0.25) is 9.59 Å². The molecule has 234 valence electrons. The van der Waals surface area contributed by atoms with E-state index in [2.05, 4.69) is 0 Å². The van der Waals surface area contributed by atoms with Gasteiger partial charge >= 0.3 is 23.9 Å². The molecule has 0 N–H and O–H groups in total. The van der Waals surface area contributed by atoms with Crippen LogP contribution >= 0.6 is 0 Å². The maximum atomic E-state index is 13.4. The van der Waals surface area contributed by atoms with E-state index in [1.165, 1.54) is 19.9 Å². The summed E-state index contributed by atoms with van der Waals surface area (Å²) in [6.07, 6.45) is 1.27. The van der Waals surface area contributed by atoms with Crippen molar-refractivity contribution in [2.24, 2.45) is 17.3 Å². The minimum atomic E-state index is -1.38. The molecule has 3 aliphatic rings. The molecule has 9 nitrogen and oxygen atoms in total. The monoisotopic (exact) mass is 604 g/mol. The predicted octanol–water partition coefficient (Wildman–Crippen LogP) is 5.32. The molecule has 0 aromatic heterocycles. The molecule has 2 aromatic rings. The Morgan fingerprint density at radius 2 is 1.55 bits per heavy atom. The van der Waals surface area contributed by atoms with Crippen molar-refractivity contribution in [2.45, 2.75) is 83.4 Å². The molecule has 0 radical (unpaired) electrons. The van der Waals surface area contributed by atoms with Gasteiger partial charge in [0.05, 0.1) is 16.8 Å². The SMILES string of the molecule is CC(=O)OC[C@]12[C@@H](OC(=O)/C=C\c3ccccc3)C[C@@H]3C[C@]1(OC3(C)C)[C@H](C)C[C@H](OC(=O)c1ccccc1)[C@@H]2OC(C)=O. The van der Waals surface area contributed by atoms with Crippen molar-refractivity contribution in [3.63, 3.8) is 0 Å². The summed E-state index contributed by atoms with van der Waals surface area (Å²) >= 11 is 0. The molecule has 1 spiro atoms. The van der Waals surface area contributed by atoms with Gasteiger partial charge in [0.2, 0.25) is 0 Å². The van der Waals surface area contributed by atoms with Crippen molar-refractivity contribution in [2.75, 3.05) is 6.61 Å². The lowest BCUT2D eigenvalue weighted by atomic mass is 9.49. The van der Waals surface area contributed by atoms with E-state index in [9.17, 15) is 19.2 Å². The Balaban J connectivity index is 1.61. The normalized spacial score (nSPS) is 31.9. The maximum Gasteiger partial charge on any atom is 0.338 e. The number of esters is 4. The van der Waals surface area contributed by atoms with Crippen molar-refractivity contribution in [3.8, 4) is 0 Å². The molecule has 5 rings (SSSR count). The second kappa shape index (κ2) is 12.2. The third kappa shape index (κ3) is 5.77. The molecule has 1 heterocycles. The van der Waals surface area contributed by atoms with Crippen molar-refractivity contribution in [1.29, 1.82) is 0 Å². The van der Waals surface area contributed by atoms with Crippen LogP contribution in [0.25, 0.3) is 6.08 Å². The summed E-state index contributed by atoms with van der Waals surface area (Å²) in [5, 5.41) is 0. The predicted molar refractivity (Wildman–Crippen MR) is 160 cm³/mol. The van der Waals surface area contributed by atoms with Crippen LogP contribution in [0.2, 0.25) is 0 Å². The highest BCUT2D eigenvalue weighted by Gasteiger charge is 2.78. The third-order valence-corrected chi connectivity index (χ3v) is 9.61. The van der Waals surface area contributed by atoms with E-state index in [4.69, 9.17) is 23.7 Å². The quantitative estimate of drug-likeness (QED) is 0.224. The van der Waals surface area contributed by atoms with Gasteiger partial charge in [-0.15, -0.1) is 0 Å². The Hall–Kier alpha value is -3.98. The largest absolute Gasteiger partial charge is 0.465 e. The summed E-state index contributed by atoms with van der Waals surface area (Å²) in [4.78, 5) is 51.9. The number of benzene rings is 2. The smallest absolute Gasteiger partial charge is 0.338 e. The molecule has 2 aliphatic carbocycles. The van der Waals surface area contributed by atoms with E-state index < -0.39 is 58.8 Å². The topological polar surface area (TPSA) is 114 Å². The summed E-state index contributed by atoms with van der Waals surface area (Å²) in [6.45, 7) is 8.28. The van der Waals surface area contributed by atoms with Crippen LogP contribution in [0.15, 0.2) is 66.7 Å². The minimum Gasteiger partial charge on any atom is -0.465 e. The summed E-state index contributed by atoms with van der Waals surface area (Å²) in [5.41, 5.74) is -1.87. The van der Waals surface area contributed by atoms with Gasteiger partial charge in [-0.25, -0.2) is 9.59 Å². The van der Waals surface area contributed by atoms with Gasteiger partial charge in [0.1, 0.15) is 24.2 Å². The van der Waals surface area contributed by atoms with Crippen LogP contribution in [0.3, 0.4) is 0 Å². The lowest BCUT2D eigenvalue weighted by Gasteiger charge is -2.62. The molecule has 1 aliphatic heterocycles. The van der Waals surface area contributed by atoms with Crippen LogP contribution in [-0.4, -0.2) is 60.0 Å². The van der Waals surface area contributed by atoms with Crippen molar-refractivity contribution < 1.29 is 42.9 Å².